The van der Waals surface area contributed by atoms with Crippen LogP contribution in [-0.4, -0.2) is 31.2 Å². The third-order valence-electron chi connectivity index (χ3n) is 3.30. The first-order valence-corrected chi connectivity index (χ1v) is 6.56. The summed E-state index contributed by atoms with van der Waals surface area (Å²) >= 11 is 0. The van der Waals surface area contributed by atoms with Crippen LogP contribution in [0, 0.1) is 5.82 Å². The molecule has 104 valence electrons. The van der Waals surface area contributed by atoms with Gasteiger partial charge in [-0.3, -0.25) is 5.43 Å². The molecule has 1 aliphatic rings. The van der Waals surface area contributed by atoms with Crippen molar-refractivity contribution in [3.05, 3.63) is 35.1 Å². The molecule has 0 aromatic heterocycles. The van der Waals surface area contributed by atoms with Crippen molar-refractivity contribution in [3.63, 3.8) is 0 Å². The number of carbonyl (C=O) groups is 1. The fourth-order valence-electron chi connectivity index (χ4n) is 2.20. The highest BCUT2D eigenvalue weighted by molar-refractivity contribution is 5.89. The largest absolute Gasteiger partial charge is 0.465 e. The minimum Gasteiger partial charge on any atom is -0.465 e. The van der Waals surface area contributed by atoms with Crippen LogP contribution in [0.4, 0.5) is 4.39 Å². The number of nitrogens with zero attached hydrogens (tertiary/aromatic N) is 1. The number of hydrazine groups is 1. The van der Waals surface area contributed by atoms with E-state index in [0.717, 1.165) is 18.7 Å². The first-order valence-electron chi connectivity index (χ1n) is 6.56. The van der Waals surface area contributed by atoms with E-state index in [1.54, 1.807) is 6.07 Å². The second-order valence-electron chi connectivity index (χ2n) is 4.69. The highest BCUT2D eigenvalue weighted by Crippen LogP contribution is 2.12. The molecule has 2 rings (SSSR count). The summed E-state index contributed by atoms with van der Waals surface area (Å²) in [6.45, 7) is 2.63. The summed E-state index contributed by atoms with van der Waals surface area (Å²) in [6.07, 6.45) is 3.67. The molecular formula is C14H19FN2O2. The Hall–Kier alpha value is -1.46. The molecule has 5 heteroatoms. The van der Waals surface area contributed by atoms with E-state index >= 15 is 0 Å². The van der Waals surface area contributed by atoms with Crippen molar-refractivity contribution >= 4 is 5.97 Å². The van der Waals surface area contributed by atoms with Crippen LogP contribution in [0.3, 0.4) is 0 Å². The lowest BCUT2D eigenvalue weighted by Crippen LogP contribution is -2.41. The number of ether oxygens (including phenoxy) is 1. The topological polar surface area (TPSA) is 41.6 Å². The molecule has 1 N–H and O–H groups in total. The predicted octanol–water partition coefficient (Wildman–Crippen LogP) is 2.10. The van der Waals surface area contributed by atoms with Gasteiger partial charge in [0.15, 0.2) is 0 Å². The molecule has 1 aliphatic heterocycles. The van der Waals surface area contributed by atoms with Crippen molar-refractivity contribution in [2.45, 2.75) is 25.8 Å². The number of piperidine rings is 1. The van der Waals surface area contributed by atoms with Gasteiger partial charge in [0, 0.05) is 19.6 Å². The van der Waals surface area contributed by atoms with Crippen LogP contribution in [0.15, 0.2) is 18.2 Å². The van der Waals surface area contributed by atoms with E-state index in [9.17, 15) is 9.18 Å². The third-order valence-corrected chi connectivity index (χ3v) is 3.30. The predicted molar refractivity (Wildman–Crippen MR) is 70.0 cm³/mol. The van der Waals surface area contributed by atoms with Gasteiger partial charge in [0.1, 0.15) is 5.82 Å². The van der Waals surface area contributed by atoms with Crippen molar-refractivity contribution in [2.75, 3.05) is 20.2 Å². The average Bonchev–Trinajstić information content (AvgIpc) is 2.45. The van der Waals surface area contributed by atoms with E-state index in [1.165, 1.54) is 38.5 Å². The first-order chi connectivity index (χ1) is 9.20. The zero-order valence-electron chi connectivity index (χ0n) is 11.1. The second kappa shape index (κ2) is 6.63. The Labute approximate surface area is 112 Å². The van der Waals surface area contributed by atoms with Crippen LogP contribution >= 0.6 is 0 Å². The summed E-state index contributed by atoms with van der Waals surface area (Å²) in [4.78, 5) is 11.3. The zero-order chi connectivity index (χ0) is 13.7. The van der Waals surface area contributed by atoms with Gasteiger partial charge in [-0.25, -0.2) is 14.2 Å². The Morgan fingerprint density at radius 3 is 2.74 bits per heavy atom. The first kappa shape index (κ1) is 14.0. The minimum atomic E-state index is -0.645. The Morgan fingerprint density at radius 2 is 2.11 bits per heavy atom. The highest BCUT2D eigenvalue weighted by Gasteiger charge is 2.13. The Kier molecular flexibility index (Phi) is 4.87. The second-order valence-corrected chi connectivity index (χ2v) is 4.69. The molecule has 1 saturated heterocycles. The van der Waals surface area contributed by atoms with Gasteiger partial charge < -0.3 is 4.74 Å². The van der Waals surface area contributed by atoms with E-state index in [2.05, 4.69) is 15.2 Å². The summed E-state index contributed by atoms with van der Waals surface area (Å²) in [5.41, 5.74) is 4.07. The molecule has 1 aromatic rings. The summed E-state index contributed by atoms with van der Waals surface area (Å²) in [5.74, 6) is -1.18. The minimum absolute atomic E-state index is 0.0239. The number of rotatable bonds is 4. The average molecular weight is 266 g/mol. The monoisotopic (exact) mass is 266 g/mol. The number of benzene rings is 1. The number of nitrogens with one attached hydrogen (secondary N) is 1. The van der Waals surface area contributed by atoms with E-state index in [4.69, 9.17) is 0 Å². The smallest absolute Gasteiger partial charge is 0.340 e. The van der Waals surface area contributed by atoms with Crippen LogP contribution in [0.2, 0.25) is 0 Å². The Bertz CT molecular complexity index is 445. The van der Waals surface area contributed by atoms with Crippen molar-refractivity contribution in [1.29, 1.82) is 0 Å². The summed E-state index contributed by atoms with van der Waals surface area (Å²) in [5, 5.41) is 2.16. The summed E-state index contributed by atoms with van der Waals surface area (Å²) < 4.78 is 18.2. The number of halogens is 1. The molecule has 1 fully saturated rings. The van der Waals surface area contributed by atoms with Gasteiger partial charge in [-0.1, -0.05) is 12.5 Å². The number of hydrogen-bond donors (Lipinski definition) is 1. The van der Waals surface area contributed by atoms with Gasteiger partial charge in [0.2, 0.25) is 0 Å². The maximum Gasteiger partial charge on any atom is 0.340 e. The van der Waals surface area contributed by atoms with Gasteiger partial charge in [0.25, 0.3) is 0 Å². The van der Waals surface area contributed by atoms with Gasteiger partial charge in [0.05, 0.1) is 12.7 Å². The fraction of sp³-hybridized carbons (Fsp3) is 0.500. The summed E-state index contributed by atoms with van der Waals surface area (Å²) in [7, 11) is 1.24. The highest BCUT2D eigenvalue weighted by atomic mass is 19.1. The quantitative estimate of drug-likeness (QED) is 0.847. The molecule has 1 aromatic carbocycles. The zero-order valence-corrected chi connectivity index (χ0v) is 11.1. The lowest BCUT2D eigenvalue weighted by atomic mass is 10.1. The molecule has 0 radical (unpaired) electrons. The molecule has 1 heterocycles. The van der Waals surface area contributed by atoms with E-state index in [1.807, 2.05) is 0 Å². The molecule has 19 heavy (non-hydrogen) atoms. The number of methoxy groups -OCH3 is 1. The SMILES string of the molecule is COC(=O)c1ccc(CNN2CCCCC2)cc1F. The molecular weight excluding hydrogens is 247 g/mol. The lowest BCUT2D eigenvalue weighted by molar-refractivity contribution is 0.0595. The van der Waals surface area contributed by atoms with Gasteiger partial charge >= 0.3 is 5.97 Å². The molecule has 0 aliphatic carbocycles. The maximum atomic E-state index is 13.7. The number of esters is 1. The van der Waals surface area contributed by atoms with E-state index in [0.29, 0.717) is 6.54 Å². The normalized spacial score (nSPS) is 16.3. The molecule has 0 unspecified atom stereocenters. The van der Waals surface area contributed by atoms with Crippen molar-refractivity contribution in [1.82, 2.24) is 10.4 Å². The molecule has 0 amide bonds. The standard InChI is InChI=1S/C14H19FN2O2/c1-19-14(18)12-6-5-11(9-13(12)15)10-16-17-7-3-2-4-8-17/h5-6,9,16H,2-4,7-8,10H2,1H3. The molecule has 0 spiro atoms. The van der Waals surface area contributed by atoms with Crippen LogP contribution in [0.25, 0.3) is 0 Å². The number of carbonyl (C=O) groups excluding carboxylic acids is 1. The Balaban J connectivity index is 1.94. The van der Waals surface area contributed by atoms with Crippen LogP contribution < -0.4 is 5.43 Å². The number of hydrogen-bond acceptors (Lipinski definition) is 4. The van der Waals surface area contributed by atoms with Crippen LogP contribution in [0.1, 0.15) is 35.2 Å². The molecule has 0 saturated carbocycles. The van der Waals surface area contributed by atoms with Gasteiger partial charge in [-0.15, -0.1) is 0 Å². The Morgan fingerprint density at radius 1 is 1.37 bits per heavy atom. The fourth-order valence-corrected chi connectivity index (χ4v) is 2.20. The van der Waals surface area contributed by atoms with E-state index < -0.39 is 11.8 Å². The van der Waals surface area contributed by atoms with Crippen molar-refractivity contribution in [3.8, 4) is 0 Å². The van der Waals surface area contributed by atoms with E-state index in [-0.39, 0.29) is 5.56 Å². The molecule has 0 atom stereocenters. The van der Waals surface area contributed by atoms with Crippen LogP contribution in [-0.2, 0) is 11.3 Å². The maximum absolute atomic E-state index is 13.7. The third kappa shape index (κ3) is 3.75. The van der Waals surface area contributed by atoms with Crippen molar-refractivity contribution in [2.24, 2.45) is 0 Å². The van der Waals surface area contributed by atoms with Crippen LogP contribution in [0.5, 0.6) is 0 Å². The molecule has 4 nitrogen and oxygen atoms in total. The summed E-state index contributed by atoms with van der Waals surface area (Å²) in [6, 6.07) is 4.59. The van der Waals surface area contributed by atoms with Gasteiger partial charge in [-0.05, 0) is 30.5 Å². The van der Waals surface area contributed by atoms with Gasteiger partial charge in [-0.2, -0.15) is 0 Å². The lowest BCUT2D eigenvalue weighted by Gasteiger charge is -2.27. The molecule has 0 bridgehead atoms. The van der Waals surface area contributed by atoms with Crippen molar-refractivity contribution < 1.29 is 13.9 Å².